The largest absolute Gasteiger partial charge is 0.378 e. The average molecular weight is 261 g/mol. The number of Topliss-reactive ketones (excluding diaryl/α,β-unsaturated/α-hetero) is 1. The Labute approximate surface area is 113 Å². The third kappa shape index (κ3) is 3.64. The van der Waals surface area contributed by atoms with Gasteiger partial charge >= 0.3 is 0 Å². The monoisotopic (exact) mass is 261 g/mol. The molecule has 1 saturated heterocycles. The maximum Gasteiger partial charge on any atom is 0.213 e. The molecule has 1 aromatic rings. The number of carbonyl (C=O) groups excluding carboxylic acids is 2. The quantitative estimate of drug-likeness (QED) is 0.583. The molecular formula is C15H19NO3. The van der Waals surface area contributed by atoms with Crippen molar-refractivity contribution in [3.63, 3.8) is 0 Å². The topological polar surface area (TPSA) is 46.6 Å². The molecule has 1 heterocycles. The number of amides is 1. The highest BCUT2D eigenvalue weighted by Gasteiger charge is 2.17. The first-order chi connectivity index (χ1) is 9.20. The maximum absolute atomic E-state index is 12.0. The minimum atomic E-state index is 0.135. The number of nitrogens with zero attached hydrogens (tertiary/aromatic N) is 1. The highest BCUT2D eigenvalue weighted by atomic mass is 16.5. The van der Waals surface area contributed by atoms with Crippen LogP contribution in [0.15, 0.2) is 24.3 Å². The predicted molar refractivity (Wildman–Crippen MR) is 73.4 cm³/mol. The van der Waals surface area contributed by atoms with Crippen LogP contribution in [0.2, 0.25) is 0 Å². The van der Waals surface area contributed by atoms with Crippen molar-refractivity contribution in [3.05, 3.63) is 29.8 Å². The molecule has 1 fully saturated rings. The summed E-state index contributed by atoms with van der Waals surface area (Å²) < 4.78 is 5.51. The van der Waals surface area contributed by atoms with Gasteiger partial charge in [0.1, 0.15) is 0 Å². The van der Waals surface area contributed by atoms with Gasteiger partial charge in [-0.25, -0.2) is 0 Å². The van der Waals surface area contributed by atoms with Crippen molar-refractivity contribution in [1.82, 2.24) is 0 Å². The van der Waals surface area contributed by atoms with E-state index in [0.29, 0.717) is 12.0 Å². The number of benzene rings is 1. The summed E-state index contributed by atoms with van der Waals surface area (Å²) in [6.45, 7) is 0.825. The van der Waals surface area contributed by atoms with Crippen molar-refractivity contribution >= 4 is 17.9 Å². The zero-order valence-electron chi connectivity index (χ0n) is 11.2. The number of hydrogen-bond donors (Lipinski definition) is 0. The molecule has 1 atom stereocenters. The van der Waals surface area contributed by atoms with Crippen molar-refractivity contribution < 1.29 is 14.3 Å². The van der Waals surface area contributed by atoms with Crippen LogP contribution in [-0.4, -0.2) is 32.0 Å². The smallest absolute Gasteiger partial charge is 0.213 e. The molecule has 1 aliphatic heterocycles. The SMILES string of the molecule is CN(C=O)c1ccc(C(=O)CCC2CCCO2)cc1. The molecule has 4 nitrogen and oxygen atoms in total. The second-order valence-electron chi connectivity index (χ2n) is 4.86. The minimum absolute atomic E-state index is 0.135. The number of ketones is 1. The standard InChI is InChI=1S/C15H19NO3/c1-16(11-17)13-6-4-12(5-7-13)15(18)9-8-14-3-2-10-19-14/h4-7,11,14H,2-3,8-10H2,1H3. The molecule has 1 aliphatic rings. The molecule has 0 N–H and O–H groups in total. The predicted octanol–water partition coefficient (Wildman–Crippen LogP) is 2.42. The van der Waals surface area contributed by atoms with Crippen molar-refractivity contribution in [2.24, 2.45) is 0 Å². The van der Waals surface area contributed by atoms with Gasteiger partial charge in [-0.05, 0) is 43.5 Å². The van der Waals surface area contributed by atoms with Crippen molar-refractivity contribution in [2.45, 2.75) is 31.8 Å². The van der Waals surface area contributed by atoms with Crippen molar-refractivity contribution in [3.8, 4) is 0 Å². The van der Waals surface area contributed by atoms with Gasteiger partial charge < -0.3 is 9.64 Å². The third-order valence-electron chi connectivity index (χ3n) is 3.47. The highest BCUT2D eigenvalue weighted by Crippen LogP contribution is 2.19. The molecule has 19 heavy (non-hydrogen) atoms. The van der Waals surface area contributed by atoms with Gasteiger partial charge in [0.25, 0.3) is 0 Å². The lowest BCUT2D eigenvalue weighted by molar-refractivity contribution is -0.107. The summed E-state index contributed by atoms with van der Waals surface area (Å²) in [5, 5.41) is 0. The lowest BCUT2D eigenvalue weighted by atomic mass is 10.0. The zero-order chi connectivity index (χ0) is 13.7. The molecule has 0 aliphatic carbocycles. The summed E-state index contributed by atoms with van der Waals surface area (Å²) >= 11 is 0. The van der Waals surface area contributed by atoms with E-state index in [1.807, 2.05) is 0 Å². The Hall–Kier alpha value is -1.68. The molecule has 1 unspecified atom stereocenters. The van der Waals surface area contributed by atoms with Crippen LogP contribution in [-0.2, 0) is 9.53 Å². The van der Waals surface area contributed by atoms with Gasteiger partial charge in [0.2, 0.25) is 6.41 Å². The van der Waals surface area contributed by atoms with Crippen LogP contribution < -0.4 is 4.90 Å². The molecule has 4 heteroatoms. The van der Waals surface area contributed by atoms with E-state index in [-0.39, 0.29) is 11.9 Å². The molecule has 1 amide bonds. The number of anilines is 1. The molecule has 102 valence electrons. The number of ether oxygens (including phenoxy) is 1. The molecule has 0 bridgehead atoms. The van der Waals surface area contributed by atoms with Gasteiger partial charge in [0.05, 0.1) is 6.10 Å². The fourth-order valence-electron chi connectivity index (χ4n) is 2.25. The molecule has 0 aromatic heterocycles. The summed E-state index contributed by atoms with van der Waals surface area (Å²) in [5.74, 6) is 0.135. The number of hydrogen-bond acceptors (Lipinski definition) is 3. The number of rotatable bonds is 6. The summed E-state index contributed by atoms with van der Waals surface area (Å²) in [5.41, 5.74) is 1.48. The van der Waals surface area contributed by atoms with Crippen molar-refractivity contribution in [1.29, 1.82) is 0 Å². The van der Waals surface area contributed by atoms with Gasteiger partial charge in [0, 0.05) is 31.3 Å². The Bertz CT molecular complexity index is 435. The average Bonchev–Trinajstić information content (AvgIpc) is 2.97. The lowest BCUT2D eigenvalue weighted by Gasteiger charge is -2.11. The third-order valence-corrected chi connectivity index (χ3v) is 3.47. The molecule has 1 aromatic carbocycles. The van der Waals surface area contributed by atoms with Crippen LogP contribution in [0.4, 0.5) is 5.69 Å². The van der Waals surface area contributed by atoms with Gasteiger partial charge in [-0.15, -0.1) is 0 Å². The van der Waals surface area contributed by atoms with Crippen LogP contribution in [0.3, 0.4) is 0 Å². The van der Waals surface area contributed by atoms with E-state index in [2.05, 4.69) is 0 Å². The van der Waals surface area contributed by atoms with Gasteiger partial charge in [-0.1, -0.05) is 0 Å². The van der Waals surface area contributed by atoms with E-state index >= 15 is 0 Å². The van der Waals surface area contributed by atoms with Crippen LogP contribution in [0.1, 0.15) is 36.0 Å². The van der Waals surface area contributed by atoms with Crippen molar-refractivity contribution in [2.75, 3.05) is 18.6 Å². The summed E-state index contributed by atoms with van der Waals surface area (Å²) in [7, 11) is 1.68. The second kappa shape index (κ2) is 6.48. The number of carbonyl (C=O) groups is 2. The summed E-state index contributed by atoms with van der Waals surface area (Å²) in [6, 6.07) is 7.11. The van der Waals surface area contributed by atoms with Gasteiger partial charge in [-0.2, -0.15) is 0 Å². The van der Waals surface area contributed by atoms with E-state index in [9.17, 15) is 9.59 Å². The van der Waals surface area contributed by atoms with E-state index in [0.717, 1.165) is 38.0 Å². The Morgan fingerprint density at radius 1 is 1.42 bits per heavy atom. The molecule has 0 radical (unpaired) electrons. The molecular weight excluding hydrogens is 242 g/mol. The normalized spacial score (nSPS) is 18.3. The Morgan fingerprint density at radius 2 is 2.16 bits per heavy atom. The van der Waals surface area contributed by atoms with Crippen LogP contribution in [0.25, 0.3) is 0 Å². The van der Waals surface area contributed by atoms with E-state index < -0.39 is 0 Å². The van der Waals surface area contributed by atoms with Crippen LogP contribution in [0.5, 0.6) is 0 Å². The molecule has 0 saturated carbocycles. The summed E-state index contributed by atoms with van der Waals surface area (Å²) in [4.78, 5) is 24.1. The van der Waals surface area contributed by atoms with Crippen LogP contribution in [0, 0.1) is 0 Å². The van der Waals surface area contributed by atoms with Gasteiger partial charge in [0.15, 0.2) is 5.78 Å². The Morgan fingerprint density at radius 3 is 2.74 bits per heavy atom. The van der Waals surface area contributed by atoms with E-state index in [1.54, 1.807) is 31.3 Å². The minimum Gasteiger partial charge on any atom is -0.378 e. The van der Waals surface area contributed by atoms with Gasteiger partial charge in [-0.3, -0.25) is 9.59 Å². The zero-order valence-corrected chi connectivity index (χ0v) is 11.2. The fraction of sp³-hybridized carbons (Fsp3) is 0.467. The fourth-order valence-corrected chi connectivity index (χ4v) is 2.25. The van der Waals surface area contributed by atoms with E-state index in [1.165, 1.54) is 4.90 Å². The van der Waals surface area contributed by atoms with E-state index in [4.69, 9.17) is 4.74 Å². The summed E-state index contributed by atoms with van der Waals surface area (Å²) in [6.07, 6.45) is 4.49. The first-order valence-corrected chi connectivity index (χ1v) is 6.63. The molecule has 0 spiro atoms. The Balaban J connectivity index is 1.89. The second-order valence-corrected chi connectivity index (χ2v) is 4.86. The Kier molecular flexibility index (Phi) is 4.68. The van der Waals surface area contributed by atoms with Crippen LogP contribution >= 0.6 is 0 Å². The molecule has 2 rings (SSSR count). The highest BCUT2D eigenvalue weighted by molar-refractivity contribution is 5.96. The first kappa shape index (κ1) is 13.7. The maximum atomic E-state index is 12.0. The first-order valence-electron chi connectivity index (χ1n) is 6.63. The lowest BCUT2D eigenvalue weighted by Crippen LogP contribution is -2.13.